The number of fused-ring (bicyclic) bond motifs is 9. The van der Waals surface area contributed by atoms with Crippen molar-refractivity contribution in [3.63, 3.8) is 0 Å². The van der Waals surface area contributed by atoms with Gasteiger partial charge in [-0.1, -0.05) is 170 Å². The number of rotatable bonds is 4. The molecule has 0 aliphatic heterocycles. The third kappa shape index (κ3) is 4.50. The van der Waals surface area contributed by atoms with E-state index >= 15 is 0 Å². The van der Waals surface area contributed by atoms with Crippen molar-refractivity contribution in [2.24, 2.45) is 0 Å². The normalized spacial score (nSPS) is 11.9. The molecule has 56 heavy (non-hydrogen) atoms. The van der Waals surface area contributed by atoms with Crippen LogP contribution < -0.4 is 0 Å². The maximum absolute atomic E-state index is 6.86. The maximum Gasteiger partial charge on any atom is 0.143 e. The average Bonchev–Trinajstić information content (AvgIpc) is 3.85. The standard InChI is InChI=1S/C54H32O2/c1-2-15-36-33(13-1)14-11-23-39(36)50-40-16-3-5-18-42(40)51(43-19-6-4-17-41(43)50)46-32-31-38(54-53(46)45-21-8-10-25-48(45)56-54)35-29-27-34(28-30-35)37-22-12-26-49-52(37)44-20-7-9-24-47(44)55-49/h1-32H. The van der Waals surface area contributed by atoms with Crippen LogP contribution in [-0.2, 0) is 0 Å². The predicted octanol–water partition coefficient (Wildman–Crippen LogP) is 15.6. The number of hydrogen-bond acceptors (Lipinski definition) is 2. The number of hydrogen-bond donors (Lipinski definition) is 0. The van der Waals surface area contributed by atoms with E-state index in [4.69, 9.17) is 8.83 Å². The Hall–Kier alpha value is -7.42. The van der Waals surface area contributed by atoms with E-state index in [1.54, 1.807) is 0 Å². The molecule has 0 aliphatic rings. The van der Waals surface area contributed by atoms with Crippen molar-refractivity contribution in [1.29, 1.82) is 0 Å². The molecule has 0 spiro atoms. The zero-order valence-electron chi connectivity index (χ0n) is 30.3. The number of para-hydroxylation sites is 2. The van der Waals surface area contributed by atoms with Gasteiger partial charge in [0.15, 0.2) is 0 Å². The minimum absolute atomic E-state index is 0.882. The van der Waals surface area contributed by atoms with E-state index < -0.39 is 0 Å². The second kappa shape index (κ2) is 12.0. The first kappa shape index (κ1) is 31.0. The molecule has 2 aromatic heterocycles. The van der Waals surface area contributed by atoms with Gasteiger partial charge in [-0.15, -0.1) is 0 Å². The third-order valence-corrected chi connectivity index (χ3v) is 11.7. The van der Waals surface area contributed by atoms with Gasteiger partial charge in [-0.25, -0.2) is 0 Å². The van der Waals surface area contributed by atoms with E-state index in [0.717, 1.165) is 66.1 Å². The molecule has 0 aliphatic carbocycles. The van der Waals surface area contributed by atoms with E-state index in [1.165, 1.54) is 54.6 Å². The van der Waals surface area contributed by atoms with Crippen LogP contribution in [0.2, 0.25) is 0 Å². The summed E-state index contributed by atoms with van der Waals surface area (Å²) in [7, 11) is 0. The lowest BCUT2D eigenvalue weighted by Crippen LogP contribution is -1.92. The molecule has 2 nitrogen and oxygen atoms in total. The minimum Gasteiger partial charge on any atom is -0.456 e. The van der Waals surface area contributed by atoms with Crippen LogP contribution >= 0.6 is 0 Å². The number of benzene rings is 10. The first-order chi connectivity index (χ1) is 27.8. The summed E-state index contributed by atoms with van der Waals surface area (Å²) in [5.74, 6) is 0. The molecule has 0 saturated heterocycles. The van der Waals surface area contributed by atoms with Crippen LogP contribution in [0.15, 0.2) is 203 Å². The quantitative estimate of drug-likeness (QED) is 0.170. The van der Waals surface area contributed by atoms with Crippen molar-refractivity contribution in [3.05, 3.63) is 194 Å². The van der Waals surface area contributed by atoms with Crippen molar-refractivity contribution < 1.29 is 8.83 Å². The molecule has 0 saturated carbocycles. The monoisotopic (exact) mass is 712 g/mol. The van der Waals surface area contributed by atoms with Crippen molar-refractivity contribution in [2.45, 2.75) is 0 Å². The van der Waals surface area contributed by atoms with Crippen molar-refractivity contribution in [2.75, 3.05) is 0 Å². The van der Waals surface area contributed by atoms with Crippen LogP contribution in [0, 0.1) is 0 Å². The first-order valence-corrected chi connectivity index (χ1v) is 19.2. The second-order valence-corrected chi connectivity index (χ2v) is 14.7. The Kier molecular flexibility index (Phi) is 6.66. The van der Waals surface area contributed by atoms with Crippen LogP contribution in [0.25, 0.3) is 121 Å². The van der Waals surface area contributed by atoms with Gasteiger partial charge in [-0.2, -0.15) is 0 Å². The van der Waals surface area contributed by atoms with Gasteiger partial charge in [-0.05, 0) is 95.5 Å². The summed E-state index contributed by atoms with van der Waals surface area (Å²) in [6.07, 6.45) is 0. The van der Waals surface area contributed by atoms with Gasteiger partial charge in [0.25, 0.3) is 0 Å². The Bertz CT molecular complexity index is 3460. The molecular weight excluding hydrogens is 681 g/mol. The van der Waals surface area contributed by atoms with Crippen LogP contribution in [-0.4, -0.2) is 0 Å². The van der Waals surface area contributed by atoms with Crippen LogP contribution in [0.4, 0.5) is 0 Å². The van der Waals surface area contributed by atoms with Crippen molar-refractivity contribution in [3.8, 4) is 44.5 Å². The fourth-order valence-corrected chi connectivity index (χ4v) is 9.26. The van der Waals surface area contributed by atoms with Gasteiger partial charge in [-0.3, -0.25) is 0 Å². The highest BCUT2D eigenvalue weighted by molar-refractivity contribution is 6.27. The molecule has 10 aromatic carbocycles. The third-order valence-electron chi connectivity index (χ3n) is 11.7. The van der Waals surface area contributed by atoms with E-state index in [1.807, 2.05) is 12.1 Å². The van der Waals surface area contributed by atoms with E-state index in [2.05, 4.69) is 182 Å². The van der Waals surface area contributed by atoms with Crippen LogP contribution in [0.1, 0.15) is 0 Å². The fourth-order valence-electron chi connectivity index (χ4n) is 9.26. The Morgan fingerprint density at radius 3 is 1.38 bits per heavy atom. The van der Waals surface area contributed by atoms with Crippen molar-refractivity contribution >= 4 is 76.2 Å². The molecule has 0 amide bonds. The Balaban J connectivity index is 1.09. The Labute approximate surface area is 322 Å². The van der Waals surface area contributed by atoms with E-state index in [0.29, 0.717) is 0 Å². The lowest BCUT2D eigenvalue weighted by molar-refractivity contribution is 0.669. The summed E-state index contributed by atoms with van der Waals surface area (Å²) in [5.41, 5.74) is 13.0. The Morgan fingerprint density at radius 2 is 0.696 bits per heavy atom. The molecule has 12 rings (SSSR count). The molecule has 0 unspecified atom stereocenters. The summed E-state index contributed by atoms with van der Waals surface area (Å²) >= 11 is 0. The van der Waals surface area contributed by atoms with E-state index in [9.17, 15) is 0 Å². The molecular formula is C54H32O2. The lowest BCUT2D eigenvalue weighted by atomic mass is 9.83. The van der Waals surface area contributed by atoms with E-state index in [-0.39, 0.29) is 0 Å². The maximum atomic E-state index is 6.86. The minimum atomic E-state index is 0.882. The van der Waals surface area contributed by atoms with Gasteiger partial charge in [0.05, 0.1) is 0 Å². The highest BCUT2D eigenvalue weighted by Gasteiger charge is 2.23. The van der Waals surface area contributed by atoms with Crippen LogP contribution in [0.5, 0.6) is 0 Å². The Morgan fingerprint density at radius 1 is 0.250 bits per heavy atom. The molecule has 2 heterocycles. The van der Waals surface area contributed by atoms with Crippen LogP contribution in [0.3, 0.4) is 0 Å². The summed E-state index contributed by atoms with van der Waals surface area (Å²) in [6.45, 7) is 0. The molecule has 2 heteroatoms. The predicted molar refractivity (Wildman–Crippen MR) is 235 cm³/mol. The first-order valence-electron chi connectivity index (χ1n) is 19.2. The summed E-state index contributed by atoms with van der Waals surface area (Å²) in [6, 6.07) is 69.7. The summed E-state index contributed by atoms with van der Waals surface area (Å²) in [5, 5.41) is 11.9. The van der Waals surface area contributed by atoms with Gasteiger partial charge in [0.1, 0.15) is 22.3 Å². The second-order valence-electron chi connectivity index (χ2n) is 14.7. The highest BCUT2D eigenvalue weighted by atomic mass is 16.3. The van der Waals surface area contributed by atoms with Gasteiger partial charge < -0.3 is 8.83 Å². The topological polar surface area (TPSA) is 26.3 Å². The van der Waals surface area contributed by atoms with Gasteiger partial charge in [0.2, 0.25) is 0 Å². The molecule has 0 bridgehead atoms. The zero-order valence-corrected chi connectivity index (χ0v) is 30.3. The van der Waals surface area contributed by atoms with Gasteiger partial charge in [0, 0.05) is 27.1 Å². The smallest absolute Gasteiger partial charge is 0.143 e. The largest absolute Gasteiger partial charge is 0.456 e. The van der Waals surface area contributed by atoms with Gasteiger partial charge >= 0.3 is 0 Å². The lowest BCUT2D eigenvalue weighted by Gasteiger charge is -2.19. The fraction of sp³-hybridized carbons (Fsp3) is 0. The SMILES string of the molecule is c1ccc2c(-c3c4ccccc4c(-c4ccc(-c5ccc(-c6cccc7oc8ccccc8c67)cc5)c5oc6ccccc6c45)c4ccccc34)cccc2c1. The average molecular weight is 713 g/mol. The molecule has 260 valence electrons. The summed E-state index contributed by atoms with van der Waals surface area (Å²) < 4.78 is 13.1. The zero-order chi connectivity index (χ0) is 36.7. The molecule has 0 atom stereocenters. The molecule has 12 aromatic rings. The highest BCUT2D eigenvalue weighted by Crippen LogP contribution is 2.49. The number of furan rings is 2. The summed E-state index contributed by atoms with van der Waals surface area (Å²) in [4.78, 5) is 0. The molecule has 0 N–H and O–H groups in total. The molecule has 0 radical (unpaired) electrons. The molecule has 0 fully saturated rings. The van der Waals surface area contributed by atoms with Crippen molar-refractivity contribution in [1.82, 2.24) is 0 Å².